The Morgan fingerprint density at radius 2 is 2.17 bits per heavy atom. The molecule has 1 saturated heterocycles. The van der Waals surface area contributed by atoms with Crippen LogP contribution in [0.3, 0.4) is 0 Å². The average molecular weight is 291 g/mol. The largest absolute Gasteiger partial charge is 0.488 e. The predicted octanol–water partition coefficient (Wildman–Crippen LogP) is 1.60. The van der Waals surface area contributed by atoms with Gasteiger partial charge in [0.05, 0.1) is 22.1 Å². The molecular formula is C11H11ClO5S. The van der Waals surface area contributed by atoms with Gasteiger partial charge >= 0.3 is 5.97 Å². The molecule has 0 amide bonds. The van der Waals surface area contributed by atoms with Gasteiger partial charge in [-0.2, -0.15) is 0 Å². The smallest absolute Gasteiger partial charge is 0.335 e. The van der Waals surface area contributed by atoms with Gasteiger partial charge < -0.3 is 9.84 Å². The van der Waals surface area contributed by atoms with Crippen molar-refractivity contribution in [1.29, 1.82) is 0 Å². The van der Waals surface area contributed by atoms with Gasteiger partial charge in [-0.15, -0.1) is 0 Å². The Morgan fingerprint density at radius 1 is 1.44 bits per heavy atom. The minimum atomic E-state index is -3.01. The Kier molecular flexibility index (Phi) is 3.49. The lowest BCUT2D eigenvalue weighted by Crippen LogP contribution is -2.18. The summed E-state index contributed by atoms with van der Waals surface area (Å²) in [5.74, 6) is -0.678. The van der Waals surface area contributed by atoms with E-state index < -0.39 is 21.9 Å². The SMILES string of the molecule is O=C(O)c1ccc(OC2CCS(=O)(=O)C2)c(Cl)c1. The monoisotopic (exact) mass is 290 g/mol. The molecule has 1 N–H and O–H groups in total. The number of rotatable bonds is 3. The van der Waals surface area contributed by atoms with E-state index in [0.29, 0.717) is 12.2 Å². The molecule has 0 spiro atoms. The van der Waals surface area contributed by atoms with E-state index in [1.807, 2.05) is 0 Å². The van der Waals surface area contributed by atoms with Crippen molar-refractivity contribution in [2.24, 2.45) is 0 Å². The van der Waals surface area contributed by atoms with Gasteiger partial charge in [0.15, 0.2) is 9.84 Å². The van der Waals surface area contributed by atoms with Crippen LogP contribution in [0.25, 0.3) is 0 Å². The summed E-state index contributed by atoms with van der Waals surface area (Å²) in [5, 5.41) is 8.94. The first kappa shape index (κ1) is 13.2. The van der Waals surface area contributed by atoms with E-state index in [9.17, 15) is 13.2 Å². The van der Waals surface area contributed by atoms with Crippen molar-refractivity contribution in [3.8, 4) is 5.75 Å². The van der Waals surface area contributed by atoms with Crippen LogP contribution in [0.2, 0.25) is 5.02 Å². The molecular weight excluding hydrogens is 280 g/mol. The Balaban J connectivity index is 2.13. The minimum absolute atomic E-state index is 0.0238. The van der Waals surface area contributed by atoms with Gasteiger partial charge in [0.2, 0.25) is 0 Å². The maximum Gasteiger partial charge on any atom is 0.335 e. The molecule has 1 fully saturated rings. The third-order valence-electron chi connectivity index (χ3n) is 2.66. The lowest BCUT2D eigenvalue weighted by Gasteiger charge is -2.13. The lowest BCUT2D eigenvalue weighted by molar-refractivity contribution is 0.0697. The zero-order valence-corrected chi connectivity index (χ0v) is 10.9. The molecule has 7 heteroatoms. The van der Waals surface area contributed by atoms with Crippen LogP contribution in [-0.2, 0) is 9.84 Å². The zero-order chi connectivity index (χ0) is 13.3. The van der Waals surface area contributed by atoms with Crippen molar-refractivity contribution < 1.29 is 23.1 Å². The number of carbonyl (C=O) groups is 1. The highest BCUT2D eigenvalue weighted by atomic mass is 35.5. The first-order chi connectivity index (χ1) is 8.37. The molecule has 0 aromatic heterocycles. The summed E-state index contributed by atoms with van der Waals surface area (Å²) in [4.78, 5) is 10.7. The number of sulfone groups is 1. The maximum atomic E-state index is 11.3. The molecule has 0 bridgehead atoms. The number of aromatic carboxylic acids is 1. The van der Waals surface area contributed by atoms with Gasteiger partial charge in [-0.3, -0.25) is 0 Å². The number of ether oxygens (including phenoxy) is 1. The molecule has 1 heterocycles. The third kappa shape index (κ3) is 2.94. The van der Waals surface area contributed by atoms with E-state index in [2.05, 4.69) is 0 Å². The normalized spacial score (nSPS) is 21.7. The molecule has 1 aromatic carbocycles. The molecule has 1 aliphatic heterocycles. The average Bonchev–Trinajstić information content (AvgIpc) is 2.61. The summed E-state index contributed by atoms with van der Waals surface area (Å²) in [7, 11) is -3.01. The highest BCUT2D eigenvalue weighted by Crippen LogP contribution is 2.28. The molecule has 1 atom stereocenters. The number of carboxylic acids is 1. The second-order valence-electron chi connectivity index (χ2n) is 4.09. The number of hydrogen-bond donors (Lipinski definition) is 1. The number of halogens is 1. The molecule has 0 aliphatic carbocycles. The van der Waals surface area contributed by atoms with Crippen LogP contribution in [0.15, 0.2) is 18.2 Å². The van der Waals surface area contributed by atoms with Crippen molar-refractivity contribution in [2.75, 3.05) is 11.5 Å². The quantitative estimate of drug-likeness (QED) is 0.914. The third-order valence-corrected chi connectivity index (χ3v) is 4.70. The van der Waals surface area contributed by atoms with Gasteiger partial charge in [-0.1, -0.05) is 11.6 Å². The van der Waals surface area contributed by atoms with E-state index >= 15 is 0 Å². The van der Waals surface area contributed by atoms with Gasteiger partial charge in [-0.25, -0.2) is 13.2 Å². The van der Waals surface area contributed by atoms with Crippen LogP contribution in [0.1, 0.15) is 16.8 Å². The molecule has 2 rings (SSSR count). The molecule has 0 saturated carbocycles. The fourth-order valence-corrected chi connectivity index (χ4v) is 3.58. The van der Waals surface area contributed by atoms with Crippen molar-refractivity contribution in [1.82, 2.24) is 0 Å². The fourth-order valence-electron chi connectivity index (χ4n) is 1.76. The number of carboxylic acid groups (broad SMARTS) is 1. The van der Waals surface area contributed by atoms with Crippen molar-refractivity contribution >= 4 is 27.4 Å². The first-order valence-electron chi connectivity index (χ1n) is 5.27. The highest BCUT2D eigenvalue weighted by Gasteiger charge is 2.29. The molecule has 18 heavy (non-hydrogen) atoms. The van der Waals surface area contributed by atoms with Crippen molar-refractivity contribution in [2.45, 2.75) is 12.5 Å². The van der Waals surface area contributed by atoms with E-state index in [1.165, 1.54) is 18.2 Å². The topological polar surface area (TPSA) is 80.7 Å². The predicted molar refractivity (Wildman–Crippen MR) is 66.1 cm³/mol. The van der Waals surface area contributed by atoms with Crippen LogP contribution >= 0.6 is 11.6 Å². The molecule has 0 radical (unpaired) electrons. The Morgan fingerprint density at radius 3 is 2.67 bits per heavy atom. The highest BCUT2D eigenvalue weighted by molar-refractivity contribution is 7.91. The van der Waals surface area contributed by atoms with Gasteiger partial charge in [0.25, 0.3) is 0 Å². The van der Waals surface area contributed by atoms with Crippen molar-refractivity contribution in [3.63, 3.8) is 0 Å². The van der Waals surface area contributed by atoms with Gasteiger partial charge in [0, 0.05) is 0 Å². The van der Waals surface area contributed by atoms with Crippen LogP contribution < -0.4 is 4.74 Å². The maximum absolute atomic E-state index is 11.3. The molecule has 1 aromatic rings. The summed E-state index contributed by atoms with van der Waals surface area (Å²) in [6, 6.07) is 4.09. The van der Waals surface area contributed by atoms with Crippen LogP contribution in [0.4, 0.5) is 0 Å². The summed E-state index contributed by atoms with van der Waals surface area (Å²) < 4.78 is 28.0. The van der Waals surface area contributed by atoms with Crippen LogP contribution in [-0.4, -0.2) is 37.1 Å². The zero-order valence-electron chi connectivity index (χ0n) is 9.30. The summed E-state index contributed by atoms with van der Waals surface area (Å²) in [5.41, 5.74) is 0.0615. The Bertz CT molecular complexity index is 581. The second-order valence-corrected chi connectivity index (χ2v) is 6.73. The van der Waals surface area contributed by atoms with E-state index in [1.54, 1.807) is 0 Å². The Hall–Kier alpha value is -1.27. The van der Waals surface area contributed by atoms with Crippen LogP contribution in [0, 0.1) is 0 Å². The van der Waals surface area contributed by atoms with E-state index in [-0.39, 0.29) is 22.1 Å². The van der Waals surface area contributed by atoms with E-state index in [4.69, 9.17) is 21.4 Å². The van der Waals surface area contributed by atoms with E-state index in [0.717, 1.165) is 0 Å². The van der Waals surface area contributed by atoms with Gasteiger partial charge in [0.1, 0.15) is 11.9 Å². The summed E-state index contributed by atoms with van der Waals surface area (Å²) in [6.45, 7) is 0. The molecule has 98 valence electrons. The fraction of sp³-hybridized carbons (Fsp3) is 0.364. The lowest BCUT2D eigenvalue weighted by atomic mass is 10.2. The number of benzene rings is 1. The molecule has 1 unspecified atom stereocenters. The molecule has 5 nitrogen and oxygen atoms in total. The number of hydrogen-bond acceptors (Lipinski definition) is 4. The minimum Gasteiger partial charge on any atom is -0.488 e. The Labute approximate surface area is 109 Å². The first-order valence-corrected chi connectivity index (χ1v) is 7.47. The standard InChI is InChI=1S/C11H11ClO5S/c12-9-5-7(11(13)14)1-2-10(9)17-8-3-4-18(15,16)6-8/h1-2,5,8H,3-4,6H2,(H,13,14). The molecule has 1 aliphatic rings. The summed E-state index contributed by atoms with van der Waals surface area (Å²) in [6.07, 6.45) is 0.0162. The van der Waals surface area contributed by atoms with Crippen LogP contribution in [0.5, 0.6) is 5.75 Å². The summed E-state index contributed by atoms with van der Waals surface area (Å²) >= 11 is 5.89. The second kappa shape index (κ2) is 4.78. The van der Waals surface area contributed by atoms with Crippen molar-refractivity contribution in [3.05, 3.63) is 28.8 Å². The van der Waals surface area contributed by atoms with Gasteiger partial charge in [-0.05, 0) is 24.6 Å².